The van der Waals surface area contributed by atoms with Crippen LogP contribution < -0.4 is 5.32 Å². The maximum Gasteiger partial charge on any atom is 0.193 e. The lowest BCUT2D eigenvalue weighted by molar-refractivity contribution is 0.475. The van der Waals surface area contributed by atoms with E-state index in [9.17, 15) is 0 Å². The molecule has 1 heterocycles. The zero-order valence-electron chi connectivity index (χ0n) is 7.38. The number of hydrogen-bond acceptors (Lipinski definition) is 3. The van der Waals surface area contributed by atoms with Crippen molar-refractivity contribution in [2.75, 3.05) is 6.54 Å². The Morgan fingerprint density at radius 1 is 1.69 bits per heavy atom. The molecule has 1 aromatic rings. The molecule has 0 aromatic carbocycles. The van der Waals surface area contributed by atoms with Gasteiger partial charge in [-0.1, -0.05) is 0 Å². The van der Waals surface area contributed by atoms with Crippen LogP contribution >= 0.6 is 11.6 Å². The van der Waals surface area contributed by atoms with Gasteiger partial charge in [0.05, 0.1) is 18.5 Å². The van der Waals surface area contributed by atoms with Gasteiger partial charge in [-0.15, -0.1) is 0 Å². The van der Waals surface area contributed by atoms with Crippen molar-refractivity contribution < 1.29 is 4.42 Å². The third-order valence-corrected chi connectivity index (χ3v) is 1.80. The molecule has 0 saturated heterocycles. The minimum Gasteiger partial charge on any atom is -0.448 e. The van der Waals surface area contributed by atoms with E-state index in [1.54, 1.807) is 6.07 Å². The maximum absolute atomic E-state index is 8.50. The number of nitrogens with one attached hydrogen (secondary N) is 1. The van der Waals surface area contributed by atoms with Crippen LogP contribution in [0.4, 0.5) is 0 Å². The Kier molecular flexibility index (Phi) is 3.81. The number of rotatable bonds is 4. The number of nitriles is 1. The van der Waals surface area contributed by atoms with Gasteiger partial charge in [-0.3, -0.25) is 0 Å². The van der Waals surface area contributed by atoms with E-state index >= 15 is 0 Å². The first-order valence-corrected chi connectivity index (χ1v) is 4.44. The van der Waals surface area contributed by atoms with Crippen molar-refractivity contribution in [3.63, 3.8) is 0 Å². The van der Waals surface area contributed by atoms with E-state index in [4.69, 9.17) is 21.3 Å². The Bertz CT molecular complexity index is 303. The fourth-order valence-corrected chi connectivity index (χ4v) is 1.07. The lowest BCUT2D eigenvalue weighted by Crippen LogP contribution is -2.19. The van der Waals surface area contributed by atoms with Crippen LogP contribution in [0.15, 0.2) is 16.5 Å². The molecule has 0 aliphatic rings. The van der Waals surface area contributed by atoms with Gasteiger partial charge in [0.2, 0.25) is 0 Å². The average Bonchev–Trinajstić information content (AvgIpc) is 2.51. The summed E-state index contributed by atoms with van der Waals surface area (Å²) in [5.74, 6) is 0.806. The van der Waals surface area contributed by atoms with Crippen LogP contribution in [0.1, 0.15) is 12.7 Å². The van der Waals surface area contributed by atoms with E-state index in [-0.39, 0.29) is 5.92 Å². The summed E-state index contributed by atoms with van der Waals surface area (Å²) >= 11 is 5.58. The molecule has 0 fully saturated rings. The molecule has 0 bridgehead atoms. The fraction of sp³-hybridized carbons (Fsp3) is 0.444. The lowest BCUT2D eigenvalue weighted by atomic mass is 10.2. The highest BCUT2D eigenvalue weighted by molar-refractivity contribution is 6.28. The van der Waals surface area contributed by atoms with Crippen LogP contribution in [0.5, 0.6) is 0 Å². The molecule has 4 heteroatoms. The van der Waals surface area contributed by atoms with Gasteiger partial charge in [0, 0.05) is 6.54 Å². The molecule has 0 aliphatic heterocycles. The van der Waals surface area contributed by atoms with Crippen LogP contribution in [0.2, 0.25) is 5.22 Å². The Morgan fingerprint density at radius 2 is 2.46 bits per heavy atom. The Balaban J connectivity index is 2.25. The summed E-state index contributed by atoms with van der Waals surface area (Å²) in [5.41, 5.74) is 0. The standard InChI is InChI=1S/C9H11ClN2O/c1-7(4-11)5-12-6-8-2-3-9(10)13-8/h2-3,7,12H,5-6H2,1H3. The first kappa shape index (κ1) is 10.1. The van der Waals surface area contributed by atoms with Gasteiger partial charge in [0.25, 0.3) is 0 Å². The van der Waals surface area contributed by atoms with Crippen molar-refractivity contribution in [3.8, 4) is 6.07 Å². The number of hydrogen-bond donors (Lipinski definition) is 1. The molecule has 0 spiro atoms. The van der Waals surface area contributed by atoms with Gasteiger partial charge in [-0.05, 0) is 30.7 Å². The van der Waals surface area contributed by atoms with Gasteiger partial charge in [0.1, 0.15) is 5.76 Å². The first-order chi connectivity index (χ1) is 6.22. The molecule has 13 heavy (non-hydrogen) atoms. The molecule has 1 aromatic heterocycles. The van der Waals surface area contributed by atoms with Crippen molar-refractivity contribution in [1.29, 1.82) is 5.26 Å². The van der Waals surface area contributed by atoms with Crippen LogP contribution in [0, 0.1) is 17.2 Å². The molecule has 3 nitrogen and oxygen atoms in total. The molecule has 0 amide bonds. The molecule has 0 saturated carbocycles. The normalized spacial score (nSPS) is 12.4. The second-order valence-corrected chi connectivity index (χ2v) is 3.24. The van der Waals surface area contributed by atoms with E-state index in [0.717, 1.165) is 5.76 Å². The third-order valence-electron chi connectivity index (χ3n) is 1.60. The van der Waals surface area contributed by atoms with Crippen molar-refractivity contribution >= 4 is 11.6 Å². The van der Waals surface area contributed by atoms with E-state index in [0.29, 0.717) is 18.3 Å². The van der Waals surface area contributed by atoms with Crippen molar-refractivity contribution in [3.05, 3.63) is 23.1 Å². The molecule has 1 rings (SSSR count). The molecule has 0 aliphatic carbocycles. The Hall–Kier alpha value is -0.980. The second kappa shape index (κ2) is 4.90. The highest BCUT2D eigenvalue weighted by Crippen LogP contribution is 2.12. The van der Waals surface area contributed by atoms with Gasteiger partial charge >= 0.3 is 0 Å². The maximum atomic E-state index is 8.50. The quantitative estimate of drug-likeness (QED) is 0.807. The molecule has 1 N–H and O–H groups in total. The predicted octanol–water partition coefficient (Wildman–Crippen LogP) is 2.18. The Labute approximate surface area is 82.3 Å². The SMILES string of the molecule is CC(C#N)CNCc1ccc(Cl)o1. The summed E-state index contributed by atoms with van der Waals surface area (Å²) in [7, 11) is 0. The van der Waals surface area contributed by atoms with E-state index in [1.807, 2.05) is 13.0 Å². The van der Waals surface area contributed by atoms with Crippen LogP contribution in [-0.4, -0.2) is 6.54 Å². The van der Waals surface area contributed by atoms with Crippen LogP contribution in [-0.2, 0) is 6.54 Å². The molecule has 0 radical (unpaired) electrons. The van der Waals surface area contributed by atoms with E-state index < -0.39 is 0 Å². The fourth-order valence-electron chi connectivity index (χ4n) is 0.904. The van der Waals surface area contributed by atoms with Crippen molar-refractivity contribution in [1.82, 2.24) is 5.32 Å². The smallest absolute Gasteiger partial charge is 0.193 e. The number of halogens is 1. The third kappa shape index (κ3) is 3.49. The summed E-state index contributed by atoms with van der Waals surface area (Å²) in [6.07, 6.45) is 0. The predicted molar refractivity (Wildman–Crippen MR) is 50.2 cm³/mol. The minimum absolute atomic E-state index is 0.0189. The van der Waals surface area contributed by atoms with Crippen molar-refractivity contribution in [2.24, 2.45) is 5.92 Å². The van der Waals surface area contributed by atoms with Gasteiger partial charge in [-0.25, -0.2) is 0 Å². The summed E-state index contributed by atoms with van der Waals surface area (Å²) < 4.78 is 5.12. The van der Waals surface area contributed by atoms with Gasteiger partial charge in [0.15, 0.2) is 5.22 Å². The van der Waals surface area contributed by atoms with Crippen LogP contribution in [0.25, 0.3) is 0 Å². The number of nitrogens with zero attached hydrogens (tertiary/aromatic N) is 1. The summed E-state index contributed by atoms with van der Waals surface area (Å²) in [6.45, 7) is 3.13. The highest BCUT2D eigenvalue weighted by atomic mass is 35.5. The summed E-state index contributed by atoms with van der Waals surface area (Å²) in [6, 6.07) is 5.65. The zero-order valence-corrected chi connectivity index (χ0v) is 8.14. The zero-order chi connectivity index (χ0) is 9.68. The largest absolute Gasteiger partial charge is 0.448 e. The summed E-state index contributed by atoms with van der Waals surface area (Å²) in [5, 5.41) is 12.0. The molecule has 1 unspecified atom stereocenters. The topological polar surface area (TPSA) is 49.0 Å². The highest BCUT2D eigenvalue weighted by Gasteiger charge is 2.01. The van der Waals surface area contributed by atoms with E-state index in [2.05, 4.69) is 11.4 Å². The number of furan rings is 1. The van der Waals surface area contributed by atoms with Crippen LogP contribution in [0.3, 0.4) is 0 Å². The first-order valence-electron chi connectivity index (χ1n) is 4.07. The molecule has 70 valence electrons. The monoisotopic (exact) mass is 198 g/mol. The minimum atomic E-state index is 0.0189. The van der Waals surface area contributed by atoms with Gasteiger partial charge < -0.3 is 9.73 Å². The average molecular weight is 199 g/mol. The second-order valence-electron chi connectivity index (χ2n) is 2.87. The van der Waals surface area contributed by atoms with Crippen molar-refractivity contribution in [2.45, 2.75) is 13.5 Å². The Morgan fingerprint density at radius 3 is 3.00 bits per heavy atom. The van der Waals surface area contributed by atoms with Gasteiger partial charge in [-0.2, -0.15) is 5.26 Å². The molecular formula is C9H11ClN2O. The molecular weight excluding hydrogens is 188 g/mol. The molecule has 1 atom stereocenters. The summed E-state index contributed by atoms with van der Waals surface area (Å²) in [4.78, 5) is 0. The lowest BCUT2D eigenvalue weighted by Gasteiger charge is -2.02. The van der Waals surface area contributed by atoms with E-state index in [1.165, 1.54) is 0 Å².